The van der Waals surface area contributed by atoms with E-state index >= 15 is 0 Å². The smallest absolute Gasteiger partial charge is 0.243 e. The van der Waals surface area contributed by atoms with Gasteiger partial charge in [0.25, 0.3) is 0 Å². The lowest BCUT2D eigenvalue weighted by Gasteiger charge is -2.30. The fourth-order valence-electron chi connectivity index (χ4n) is 3.26. The van der Waals surface area contributed by atoms with E-state index in [9.17, 15) is 17.2 Å². The Labute approximate surface area is 160 Å². The first-order valence-electron chi connectivity index (χ1n) is 8.79. The number of hydrogen-bond donors (Lipinski definition) is 0. The van der Waals surface area contributed by atoms with Crippen LogP contribution in [0.5, 0.6) is 0 Å². The maximum absolute atomic E-state index is 13.5. The van der Waals surface area contributed by atoms with Gasteiger partial charge in [-0.2, -0.15) is 9.29 Å². The molecule has 0 unspecified atom stereocenters. The van der Waals surface area contributed by atoms with Gasteiger partial charge in [-0.25, -0.2) is 17.2 Å². The number of rotatable bonds is 4. The van der Waals surface area contributed by atoms with Crippen molar-refractivity contribution in [2.45, 2.75) is 23.7 Å². The third-order valence-electron chi connectivity index (χ3n) is 4.71. The minimum Gasteiger partial charge on any atom is -0.339 e. The molecule has 146 valence electrons. The van der Waals surface area contributed by atoms with Gasteiger partial charge in [-0.15, -0.1) is 0 Å². The first kappa shape index (κ1) is 18.7. The molecule has 0 spiro atoms. The number of aromatic nitrogens is 2. The van der Waals surface area contributed by atoms with Crippen molar-refractivity contribution < 1.29 is 21.7 Å². The Bertz CT molecular complexity index is 1080. The molecule has 1 aliphatic heterocycles. The quantitative estimate of drug-likeness (QED) is 0.663. The highest BCUT2D eigenvalue weighted by Crippen LogP contribution is 2.30. The molecule has 1 aromatic heterocycles. The van der Waals surface area contributed by atoms with Crippen LogP contribution in [0.15, 0.2) is 57.9 Å². The maximum atomic E-state index is 13.5. The molecule has 0 bridgehead atoms. The van der Waals surface area contributed by atoms with Gasteiger partial charge in [0, 0.05) is 18.7 Å². The van der Waals surface area contributed by atoms with Gasteiger partial charge in [-0.1, -0.05) is 11.2 Å². The summed E-state index contributed by atoms with van der Waals surface area (Å²) in [4.78, 5) is 4.28. The number of piperidine rings is 1. The molecule has 1 atom stereocenters. The monoisotopic (exact) mass is 405 g/mol. The van der Waals surface area contributed by atoms with Gasteiger partial charge in [0.15, 0.2) is 0 Å². The summed E-state index contributed by atoms with van der Waals surface area (Å²) in [6, 6.07) is 10.7. The number of nitrogens with zero attached hydrogens (tertiary/aromatic N) is 3. The first-order valence-corrected chi connectivity index (χ1v) is 10.2. The van der Waals surface area contributed by atoms with Crippen molar-refractivity contribution in [1.29, 1.82) is 0 Å². The predicted octanol–water partition coefficient (Wildman–Crippen LogP) is 3.58. The van der Waals surface area contributed by atoms with Crippen LogP contribution in [0.1, 0.15) is 24.7 Å². The number of hydrogen-bond acceptors (Lipinski definition) is 5. The zero-order valence-corrected chi connectivity index (χ0v) is 15.6. The molecule has 1 saturated heterocycles. The summed E-state index contributed by atoms with van der Waals surface area (Å²) in [6.45, 7) is 0.512. The molecule has 9 heteroatoms. The second kappa shape index (κ2) is 7.40. The van der Waals surface area contributed by atoms with E-state index < -0.39 is 15.8 Å². The van der Waals surface area contributed by atoms with Crippen molar-refractivity contribution in [3.8, 4) is 11.4 Å². The van der Waals surface area contributed by atoms with Gasteiger partial charge >= 0.3 is 0 Å². The minimum atomic E-state index is -3.81. The molecule has 28 heavy (non-hydrogen) atoms. The summed E-state index contributed by atoms with van der Waals surface area (Å²) >= 11 is 0. The molecular weight excluding hydrogens is 388 g/mol. The van der Waals surface area contributed by atoms with E-state index in [1.165, 1.54) is 34.6 Å². The maximum Gasteiger partial charge on any atom is 0.243 e. The highest BCUT2D eigenvalue weighted by Gasteiger charge is 2.33. The fourth-order valence-corrected chi connectivity index (χ4v) is 4.81. The van der Waals surface area contributed by atoms with Gasteiger partial charge in [-0.05, 0) is 55.3 Å². The van der Waals surface area contributed by atoms with E-state index in [0.29, 0.717) is 36.7 Å². The van der Waals surface area contributed by atoms with E-state index in [4.69, 9.17) is 4.52 Å². The molecule has 0 amide bonds. The zero-order valence-electron chi connectivity index (χ0n) is 14.8. The highest BCUT2D eigenvalue weighted by atomic mass is 32.2. The molecule has 4 rings (SSSR count). The van der Waals surface area contributed by atoms with Crippen molar-refractivity contribution >= 4 is 10.0 Å². The Balaban J connectivity index is 1.55. The lowest BCUT2D eigenvalue weighted by Crippen LogP contribution is -2.39. The Morgan fingerprint density at radius 3 is 2.61 bits per heavy atom. The SMILES string of the molecule is O=S(=O)(c1cccc(F)c1)N1CCC[C@H](c2nc(-c3ccc(F)cc3)no2)C1. The van der Waals surface area contributed by atoms with Crippen molar-refractivity contribution in [1.82, 2.24) is 14.4 Å². The first-order chi connectivity index (χ1) is 13.4. The van der Waals surface area contributed by atoms with Crippen LogP contribution >= 0.6 is 0 Å². The molecule has 6 nitrogen and oxygen atoms in total. The van der Waals surface area contributed by atoms with Gasteiger partial charge in [-0.3, -0.25) is 0 Å². The molecule has 3 aromatic rings. The Kier molecular flexibility index (Phi) is 4.94. The minimum absolute atomic E-state index is 0.0781. The summed E-state index contributed by atoms with van der Waals surface area (Å²) < 4.78 is 58.8. The topological polar surface area (TPSA) is 76.3 Å². The summed E-state index contributed by atoms with van der Waals surface area (Å²) in [6.07, 6.45) is 1.31. The second-order valence-corrected chi connectivity index (χ2v) is 8.56. The lowest BCUT2D eigenvalue weighted by molar-refractivity contribution is 0.265. The molecule has 2 aromatic carbocycles. The van der Waals surface area contributed by atoms with Crippen LogP contribution in [0, 0.1) is 11.6 Å². The van der Waals surface area contributed by atoms with Crippen LogP contribution in [0.3, 0.4) is 0 Å². The third kappa shape index (κ3) is 3.67. The van der Waals surface area contributed by atoms with Gasteiger partial charge < -0.3 is 4.52 Å². The van der Waals surface area contributed by atoms with Crippen molar-refractivity contribution in [2.24, 2.45) is 0 Å². The predicted molar refractivity (Wildman–Crippen MR) is 96.8 cm³/mol. The van der Waals surface area contributed by atoms with E-state index in [1.54, 1.807) is 12.1 Å². The molecule has 0 N–H and O–H groups in total. The van der Waals surface area contributed by atoms with Crippen molar-refractivity contribution in [3.05, 3.63) is 66.1 Å². The van der Waals surface area contributed by atoms with Gasteiger partial charge in [0.2, 0.25) is 21.7 Å². The Hall–Kier alpha value is -2.65. The molecule has 1 aliphatic rings. The molecular formula is C19H17F2N3O3S. The molecule has 0 radical (unpaired) electrons. The molecule has 2 heterocycles. The third-order valence-corrected chi connectivity index (χ3v) is 6.57. The summed E-state index contributed by atoms with van der Waals surface area (Å²) in [5.41, 5.74) is 0.608. The largest absolute Gasteiger partial charge is 0.339 e. The van der Waals surface area contributed by atoms with Crippen LogP contribution in [0.2, 0.25) is 0 Å². The molecule has 0 aliphatic carbocycles. The summed E-state index contributed by atoms with van der Waals surface area (Å²) in [7, 11) is -3.81. The Morgan fingerprint density at radius 1 is 1.07 bits per heavy atom. The zero-order chi connectivity index (χ0) is 19.7. The van der Waals surface area contributed by atoms with E-state index in [1.807, 2.05) is 0 Å². The standard InChI is InChI=1S/C19H17F2N3O3S/c20-15-8-6-13(7-9-15)18-22-19(27-23-18)14-3-2-10-24(12-14)28(25,26)17-5-1-4-16(21)11-17/h1,4-9,11,14H,2-3,10,12H2/t14-/m0/s1. The van der Waals surface area contributed by atoms with Gasteiger partial charge in [0.05, 0.1) is 10.8 Å². The fraction of sp³-hybridized carbons (Fsp3) is 0.263. The van der Waals surface area contributed by atoms with E-state index in [0.717, 1.165) is 6.07 Å². The second-order valence-electron chi connectivity index (χ2n) is 6.62. The van der Waals surface area contributed by atoms with Crippen LogP contribution in [-0.4, -0.2) is 36.0 Å². The number of benzene rings is 2. The summed E-state index contributed by atoms with van der Waals surface area (Å²) in [5, 5.41) is 3.92. The molecule has 0 saturated carbocycles. The van der Waals surface area contributed by atoms with Gasteiger partial charge in [0.1, 0.15) is 11.6 Å². The normalized spacial score (nSPS) is 18.3. The van der Waals surface area contributed by atoms with E-state index in [2.05, 4.69) is 10.1 Å². The van der Waals surface area contributed by atoms with E-state index in [-0.39, 0.29) is 23.2 Å². The average Bonchev–Trinajstić information content (AvgIpc) is 3.19. The number of halogens is 2. The van der Waals surface area contributed by atoms with Crippen LogP contribution in [0.25, 0.3) is 11.4 Å². The summed E-state index contributed by atoms with van der Waals surface area (Å²) in [5.74, 6) is -0.578. The van der Waals surface area contributed by atoms with Crippen molar-refractivity contribution in [3.63, 3.8) is 0 Å². The highest BCUT2D eigenvalue weighted by molar-refractivity contribution is 7.89. The molecule has 1 fully saturated rings. The van der Waals surface area contributed by atoms with Crippen LogP contribution < -0.4 is 0 Å². The number of sulfonamides is 1. The van der Waals surface area contributed by atoms with Crippen molar-refractivity contribution in [2.75, 3.05) is 13.1 Å². The van der Waals surface area contributed by atoms with Crippen LogP contribution in [0.4, 0.5) is 8.78 Å². The average molecular weight is 405 g/mol. The Morgan fingerprint density at radius 2 is 1.86 bits per heavy atom. The van der Waals surface area contributed by atoms with Crippen LogP contribution in [-0.2, 0) is 10.0 Å². The lowest BCUT2D eigenvalue weighted by atomic mass is 10.00.